The molecule has 1 aromatic heterocycles. The Morgan fingerprint density at radius 1 is 0.947 bits per heavy atom. The van der Waals surface area contributed by atoms with Crippen LogP contribution in [0, 0.1) is 5.82 Å². The van der Waals surface area contributed by atoms with Gasteiger partial charge in [0.15, 0.2) is 0 Å². The van der Waals surface area contributed by atoms with Crippen LogP contribution in [0.3, 0.4) is 0 Å². The Kier molecular flexibility index (Phi) is 8.01. The van der Waals surface area contributed by atoms with E-state index < -0.39 is 25.6 Å². The molecule has 1 aliphatic rings. The number of hydrogen-bond donors (Lipinski definition) is 1. The molecule has 5 rings (SSSR count). The predicted molar refractivity (Wildman–Crippen MR) is 144 cm³/mol. The van der Waals surface area contributed by atoms with Crippen molar-refractivity contribution in [1.29, 1.82) is 0 Å². The fraction of sp³-hybridized carbons (Fsp3) is 0.222. The summed E-state index contributed by atoms with van der Waals surface area (Å²) in [4.78, 5) is 6.05. The Balaban J connectivity index is 1.53. The topological polar surface area (TPSA) is 84.7 Å². The molecule has 4 aromatic rings. The lowest BCUT2D eigenvalue weighted by molar-refractivity contribution is 0.0186. The Morgan fingerprint density at radius 3 is 2.24 bits per heavy atom. The molecule has 2 heterocycles. The first kappa shape index (κ1) is 26.6. The van der Waals surface area contributed by atoms with Crippen molar-refractivity contribution in [2.45, 2.75) is 16.0 Å². The second-order valence-electron chi connectivity index (χ2n) is 8.69. The van der Waals surface area contributed by atoms with Crippen LogP contribution in [0.5, 0.6) is 0 Å². The molecule has 3 aromatic carbocycles. The van der Waals surface area contributed by atoms with Crippen LogP contribution in [0.4, 0.5) is 10.3 Å². The van der Waals surface area contributed by atoms with Gasteiger partial charge in [-0.25, -0.2) is 12.8 Å². The van der Waals surface area contributed by atoms with Crippen molar-refractivity contribution < 1.29 is 22.0 Å². The normalized spacial score (nSPS) is 15.3. The second-order valence-corrected chi connectivity index (χ2v) is 11.4. The minimum absolute atomic E-state index is 0.0634. The number of oxazole rings is 1. The number of aromatic nitrogens is 1. The van der Waals surface area contributed by atoms with E-state index in [1.807, 2.05) is 24.3 Å². The number of sulfone groups is 1. The van der Waals surface area contributed by atoms with Gasteiger partial charge in [0.2, 0.25) is 26.6 Å². The first-order valence-electron chi connectivity index (χ1n) is 11.9. The Labute approximate surface area is 230 Å². The van der Waals surface area contributed by atoms with Crippen LogP contribution >= 0.6 is 23.2 Å². The van der Waals surface area contributed by atoms with Crippen LogP contribution in [0.2, 0.25) is 10.0 Å². The molecule has 1 N–H and O–H groups in total. The SMILES string of the molecule is O=S(=O)(c1ccccc1F)c1nc(-c2ccc(Cl)cc2)oc1NCC(c1ccc(Cl)cc1)N1CCOCC1. The number of anilines is 1. The van der Waals surface area contributed by atoms with Gasteiger partial charge >= 0.3 is 0 Å². The number of nitrogens with one attached hydrogen (secondary N) is 1. The third-order valence-electron chi connectivity index (χ3n) is 6.27. The van der Waals surface area contributed by atoms with E-state index in [9.17, 15) is 12.8 Å². The molecule has 1 aliphatic heterocycles. The van der Waals surface area contributed by atoms with Crippen LogP contribution in [0.1, 0.15) is 11.6 Å². The van der Waals surface area contributed by atoms with Crippen molar-refractivity contribution >= 4 is 38.9 Å². The van der Waals surface area contributed by atoms with E-state index in [4.69, 9.17) is 32.4 Å². The Hall–Kier alpha value is -2.95. The molecule has 1 fully saturated rings. The summed E-state index contributed by atoms with van der Waals surface area (Å²) in [5, 5.41) is 3.87. The van der Waals surface area contributed by atoms with Crippen LogP contribution in [-0.4, -0.2) is 51.1 Å². The highest BCUT2D eigenvalue weighted by Crippen LogP contribution is 2.34. The first-order chi connectivity index (χ1) is 18.3. The maximum Gasteiger partial charge on any atom is 0.233 e. The minimum atomic E-state index is -4.36. The quantitative estimate of drug-likeness (QED) is 0.271. The van der Waals surface area contributed by atoms with Crippen molar-refractivity contribution in [3.8, 4) is 11.5 Å². The number of benzene rings is 3. The maximum absolute atomic E-state index is 14.6. The molecule has 1 saturated heterocycles. The molecule has 0 bridgehead atoms. The molecular formula is C27H24Cl2FN3O4S. The number of hydrogen-bond acceptors (Lipinski definition) is 7. The van der Waals surface area contributed by atoms with Crippen molar-refractivity contribution in [2.75, 3.05) is 38.2 Å². The number of halogens is 3. The second kappa shape index (κ2) is 11.4. The molecule has 11 heteroatoms. The zero-order valence-electron chi connectivity index (χ0n) is 20.1. The molecule has 1 unspecified atom stereocenters. The van der Waals surface area contributed by atoms with Gasteiger partial charge in [0.25, 0.3) is 0 Å². The fourth-order valence-corrected chi connectivity index (χ4v) is 5.91. The number of ether oxygens (including phenoxy) is 1. The molecule has 0 spiro atoms. The average Bonchev–Trinajstić information content (AvgIpc) is 3.36. The van der Waals surface area contributed by atoms with Crippen LogP contribution in [-0.2, 0) is 14.6 Å². The van der Waals surface area contributed by atoms with Crippen LogP contribution < -0.4 is 5.32 Å². The highest BCUT2D eigenvalue weighted by atomic mass is 35.5. The standard InChI is InChI=1S/C27H24Cl2FN3O4S/c28-20-9-5-18(6-10-20)23(33-13-15-36-16-14-33)17-31-26-27(38(34,35)24-4-2-1-3-22(24)30)32-25(37-26)19-7-11-21(29)12-8-19/h1-12,23,31H,13-17H2. The summed E-state index contributed by atoms with van der Waals surface area (Å²) < 4.78 is 53.2. The largest absolute Gasteiger partial charge is 0.419 e. The van der Waals surface area contributed by atoms with Crippen LogP contribution in [0.15, 0.2) is 87.1 Å². The van der Waals surface area contributed by atoms with E-state index in [0.29, 0.717) is 41.9 Å². The van der Waals surface area contributed by atoms with Crippen LogP contribution in [0.25, 0.3) is 11.5 Å². The minimum Gasteiger partial charge on any atom is -0.419 e. The number of morpholine rings is 1. The molecule has 7 nitrogen and oxygen atoms in total. The number of nitrogens with zero attached hydrogens (tertiary/aromatic N) is 2. The Bertz CT molecular complexity index is 1510. The van der Waals surface area contributed by atoms with Gasteiger partial charge in [0, 0.05) is 35.2 Å². The van der Waals surface area contributed by atoms with Gasteiger partial charge in [-0.05, 0) is 54.1 Å². The van der Waals surface area contributed by atoms with Crippen molar-refractivity contribution in [3.05, 3.63) is 94.2 Å². The fourth-order valence-electron chi connectivity index (χ4n) is 4.30. The molecule has 38 heavy (non-hydrogen) atoms. The zero-order chi connectivity index (χ0) is 26.7. The van der Waals surface area contributed by atoms with E-state index in [1.165, 1.54) is 18.2 Å². The molecule has 0 amide bonds. The van der Waals surface area contributed by atoms with E-state index in [1.54, 1.807) is 24.3 Å². The van der Waals surface area contributed by atoms with E-state index in [2.05, 4.69) is 15.2 Å². The van der Waals surface area contributed by atoms with E-state index >= 15 is 0 Å². The van der Waals surface area contributed by atoms with Gasteiger partial charge in [-0.15, -0.1) is 0 Å². The molecule has 1 atom stereocenters. The summed E-state index contributed by atoms with van der Waals surface area (Å²) in [5.74, 6) is -0.888. The van der Waals surface area contributed by atoms with Crippen molar-refractivity contribution in [2.24, 2.45) is 0 Å². The lowest BCUT2D eigenvalue weighted by Crippen LogP contribution is -2.41. The summed E-state index contributed by atoms with van der Waals surface area (Å²) in [6.07, 6.45) is 0. The summed E-state index contributed by atoms with van der Waals surface area (Å²) in [6, 6.07) is 19.1. The highest BCUT2D eigenvalue weighted by Gasteiger charge is 2.32. The van der Waals surface area contributed by atoms with Gasteiger partial charge in [-0.3, -0.25) is 4.90 Å². The monoisotopic (exact) mass is 575 g/mol. The summed E-state index contributed by atoms with van der Waals surface area (Å²) in [5.41, 5.74) is 1.51. The van der Waals surface area contributed by atoms with Crippen molar-refractivity contribution in [3.63, 3.8) is 0 Å². The van der Waals surface area contributed by atoms with E-state index in [0.717, 1.165) is 11.6 Å². The lowest BCUT2D eigenvalue weighted by atomic mass is 10.0. The molecule has 0 radical (unpaired) electrons. The first-order valence-corrected chi connectivity index (χ1v) is 14.1. The average molecular weight is 576 g/mol. The van der Waals surface area contributed by atoms with E-state index in [-0.39, 0.29) is 24.4 Å². The Morgan fingerprint density at radius 2 is 1.58 bits per heavy atom. The van der Waals surface area contributed by atoms with Gasteiger partial charge in [0.1, 0.15) is 10.7 Å². The zero-order valence-corrected chi connectivity index (χ0v) is 22.4. The van der Waals surface area contributed by atoms with Gasteiger partial charge < -0.3 is 14.5 Å². The summed E-state index contributed by atoms with van der Waals surface area (Å²) >= 11 is 12.1. The smallest absolute Gasteiger partial charge is 0.233 e. The predicted octanol–water partition coefficient (Wildman–Crippen LogP) is 6.11. The summed E-state index contributed by atoms with van der Waals surface area (Å²) in [6.45, 7) is 2.85. The maximum atomic E-state index is 14.6. The van der Waals surface area contributed by atoms with Gasteiger partial charge in [0.05, 0.1) is 19.3 Å². The molecule has 0 saturated carbocycles. The lowest BCUT2D eigenvalue weighted by Gasteiger charge is -2.35. The van der Waals surface area contributed by atoms with Crippen molar-refractivity contribution in [1.82, 2.24) is 9.88 Å². The molecule has 198 valence electrons. The third kappa shape index (κ3) is 5.72. The molecule has 0 aliphatic carbocycles. The van der Waals surface area contributed by atoms with Gasteiger partial charge in [-0.2, -0.15) is 4.98 Å². The third-order valence-corrected chi connectivity index (χ3v) is 8.46. The molecular weight excluding hydrogens is 552 g/mol. The summed E-state index contributed by atoms with van der Waals surface area (Å²) in [7, 11) is -4.36. The number of rotatable bonds is 8. The highest BCUT2D eigenvalue weighted by molar-refractivity contribution is 7.91. The van der Waals surface area contributed by atoms with Gasteiger partial charge in [-0.1, -0.05) is 47.5 Å².